The summed E-state index contributed by atoms with van der Waals surface area (Å²) in [7, 11) is 5.85. The van der Waals surface area contributed by atoms with Crippen LogP contribution in [-0.4, -0.2) is 131 Å². The number of Topliss-reactive ketones (excluding diaryl/α,β-unsaturated/α-hetero) is 3. The van der Waals surface area contributed by atoms with Gasteiger partial charge in [-0.15, -0.1) is 0 Å². The SMILES string of the molecule is CNCCCCC1NC(=O)C(Cc2c[nH]c3ccccc23)NC(=O)C(Cc2ccc(C)cc2)CC(=O)C(NC(=O)C(Cc2ccc3ccccc3c2)NC)CSSCC(C(=O)NC(C(C)=O)C(C)O)CC(=O)C(C(C)C)NC1=O. The summed E-state index contributed by atoms with van der Waals surface area (Å²) in [4.78, 5) is 119. The first-order chi connectivity index (χ1) is 37.8. The number of aliphatic hydroxyl groups excluding tert-OH is 1. The first-order valence-corrected chi connectivity index (χ1v) is 29.7. The first kappa shape index (κ1) is 61.8. The predicted octanol–water partition coefficient (Wildman–Crippen LogP) is 5.23. The number of likely N-dealkylation sites (N-methyl/N-ethyl adjacent to an activating group) is 1. The lowest BCUT2D eigenvalue weighted by molar-refractivity contribution is -0.136. The number of ketones is 3. The molecule has 2 heterocycles. The van der Waals surface area contributed by atoms with E-state index in [1.165, 1.54) is 35.4 Å². The minimum atomic E-state index is -1.26. The number of H-pyrrole nitrogens is 1. The van der Waals surface area contributed by atoms with E-state index in [1.807, 2.05) is 105 Å². The zero-order valence-electron chi connectivity index (χ0n) is 46.3. The molecule has 424 valence electrons. The molecule has 0 spiro atoms. The van der Waals surface area contributed by atoms with E-state index in [9.17, 15) is 33.9 Å². The number of aryl methyl sites for hydroxylation is 1. The molecule has 9 atom stereocenters. The molecule has 0 radical (unpaired) electrons. The molecular weight excluding hydrogens is 1040 g/mol. The fraction of sp³-hybridized carbons (Fsp3) is 0.467. The van der Waals surface area contributed by atoms with Gasteiger partial charge in [-0.05, 0) is 113 Å². The molecule has 4 aromatic carbocycles. The summed E-state index contributed by atoms with van der Waals surface area (Å²) in [6.45, 7) is 8.71. The Bertz CT molecular complexity index is 2910. The van der Waals surface area contributed by atoms with Crippen LogP contribution in [0.25, 0.3) is 21.7 Å². The highest BCUT2D eigenvalue weighted by Gasteiger charge is 2.37. The van der Waals surface area contributed by atoms with Gasteiger partial charge in [0.15, 0.2) is 17.3 Å². The number of carbonyl (C=O) groups is 8. The predicted molar refractivity (Wildman–Crippen MR) is 313 cm³/mol. The highest BCUT2D eigenvalue weighted by atomic mass is 33.1. The van der Waals surface area contributed by atoms with E-state index in [1.54, 1.807) is 27.1 Å². The zero-order chi connectivity index (χ0) is 57.2. The van der Waals surface area contributed by atoms with Crippen LogP contribution in [0.15, 0.2) is 97.2 Å². The van der Waals surface area contributed by atoms with E-state index < -0.39 is 107 Å². The Morgan fingerprint density at radius 1 is 0.734 bits per heavy atom. The topological polar surface area (TPSA) is 257 Å². The molecule has 0 bridgehead atoms. The lowest BCUT2D eigenvalue weighted by Gasteiger charge is -2.29. The molecular formula is C60H78N8O9S2. The average molecular weight is 1120 g/mol. The van der Waals surface area contributed by atoms with Crippen LogP contribution < -0.4 is 37.2 Å². The van der Waals surface area contributed by atoms with E-state index in [0.29, 0.717) is 25.8 Å². The second kappa shape index (κ2) is 30.3. The average Bonchev–Trinajstić information content (AvgIpc) is 3.88. The molecule has 1 saturated heterocycles. The fourth-order valence-corrected chi connectivity index (χ4v) is 12.3. The molecule has 1 aliphatic heterocycles. The molecule has 17 nitrogen and oxygen atoms in total. The fourth-order valence-electron chi connectivity index (χ4n) is 9.83. The van der Waals surface area contributed by atoms with Gasteiger partial charge in [-0.25, -0.2) is 0 Å². The Balaban J connectivity index is 1.41. The molecule has 1 fully saturated rings. The first-order valence-electron chi connectivity index (χ1n) is 27.3. The number of aliphatic hydroxyl groups is 1. The molecule has 79 heavy (non-hydrogen) atoms. The second-order valence-electron chi connectivity index (χ2n) is 21.1. The van der Waals surface area contributed by atoms with E-state index in [0.717, 1.165) is 43.9 Å². The van der Waals surface area contributed by atoms with Gasteiger partial charge in [-0.3, -0.25) is 38.4 Å². The Morgan fingerprint density at radius 3 is 2.10 bits per heavy atom. The van der Waals surface area contributed by atoms with Crippen molar-refractivity contribution in [2.75, 3.05) is 32.1 Å². The maximum atomic E-state index is 15.1. The van der Waals surface area contributed by atoms with Crippen molar-refractivity contribution in [3.05, 3.63) is 119 Å². The van der Waals surface area contributed by atoms with Crippen molar-refractivity contribution in [1.29, 1.82) is 0 Å². The third-order valence-electron chi connectivity index (χ3n) is 14.5. The number of nitrogens with one attached hydrogen (secondary N) is 8. The number of aromatic nitrogens is 1. The van der Waals surface area contributed by atoms with Gasteiger partial charge in [-0.2, -0.15) is 0 Å². The summed E-state index contributed by atoms with van der Waals surface area (Å²) < 4.78 is 0. The largest absolute Gasteiger partial charge is 0.391 e. The van der Waals surface area contributed by atoms with Crippen LogP contribution in [0.4, 0.5) is 0 Å². The number of carbonyl (C=O) groups excluding carboxylic acids is 8. The molecule has 0 aliphatic carbocycles. The lowest BCUT2D eigenvalue weighted by Crippen LogP contribution is -2.57. The maximum absolute atomic E-state index is 15.1. The molecule has 9 unspecified atom stereocenters. The Kier molecular flexibility index (Phi) is 23.7. The number of fused-ring (bicyclic) bond motifs is 2. The zero-order valence-corrected chi connectivity index (χ0v) is 48.0. The van der Waals surface area contributed by atoms with Crippen LogP contribution in [0.1, 0.15) is 82.1 Å². The number of hydrogen-bond donors (Lipinski definition) is 9. The molecule has 19 heteroatoms. The van der Waals surface area contributed by atoms with Crippen LogP contribution in [0.2, 0.25) is 0 Å². The van der Waals surface area contributed by atoms with E-state index in [-0.39, 0.29) is 43.6 Å². The van der Waals surface area contributed by atoms with Crippen molar-refractivity contribution >= 4 is 90.1 Å². The smallest absolute Gasteiger partial charge is 0.243 e. The van der Waals surface area contributed by atoms with Gasteiger partial charge >= 0.3 is 0 Å². The van der Waals surface area contributed by atoms with Gasteiger partial charge in [0, 0.05) is 53.8 Å². The van der Waals surface area contributed by atoms with Crippen LogP contribution in [0, 0.1) is 24.7 Å². The molecule has 5 aromatic rings. The van der Waals surface area contributed by atoms with E-state index in [2.05, 4.69) is 42.2 Å². The number of benzene rings is 4. The molecule has 0 saturated carbocycles. The van der Waals surface area contributed by atoms with E-state index >= 15 is 9.59 Å². The van der Waals surface area contributed by atoms with Crippen LogP contribution in [0.3, 0.4) is 0 Å². The van der Waals surface area contributed by atoms with Gasteiger partial charge in [0.05, 0.1) is 30.1 Å². The standard InChI is InChI=1S/C60H78N8O9S2/c1-35(2)54-53(72)31-45(57(74)68-55(37(4)69)38(5)70)33-78-79-34-51(66-59(76)49(62-7)28-40-23-24-41-14-8-9-15-42(41)27-40)52(71)30-43(26-39-21-19-36(3)20-22-39)56(73)65-50(29-44-32-63-47-17-11-10-16-46(44)47)60(77)64-48(58(75)67-54)18-12-13-25-61-6/h8-11,14-17,19-24,27,32,35,37,43,45,48-51,54-55,61-63,69H,12-13,18,25-26,28-31,33-34H2,1-7H3,(H,64,77)(H,65,73)(H,66,76)(H,67,75)(H,68,74). The van der Waals surface area contributed by atoms with Crippen LogP contribution in [0.5, 0.6) is 0 Å². The molecule has 9 N–H and O–H groups in total. The maximum Gasteiger partial charge on any atom is 0.243 e. The summed E-state index contributed by atoms with van der Waals surface area (Å²) in [5.74, 6) is -7.05. The summed E-state index contributed by atoms with van der Waals surface area (Å²) in [5.41, 5.74) is 4.18. The van der Waals surface area contributed by atoms with Gasteiger partial charge in [0.2, 0.25) is 29.5 Å². The number of unbranched alkanes of at least 4 members (excludes halogenated alkanes) is 1. The van der Waals surface area contributed by atoms with E-state index in [4.69, 9.17) is 0 Å². The Morgan fingerprint density at radius 2 is 1.41 bits per heavy atom. The number of para-hydroxylation sites is 1. The van der Waals surface area contributed by atoms with Crippen molar-refractivity contribution < 1.29 is 43.5 Å². The number of amides is 5. The van der Waals surface area contributed by atoms with Crippen molar-refractivity contribution in [1.82, 2.24) is 42.2 Å². The molecule has 1 aromatic heterocycles. The molecule has 6 rings (SSSR count). The monoisotopic (exact) mass is 1120 g/mol. The Labute approximate surface area is 471 Å². The van der Waals surface area contributed by atoms with Gasteiger partial charge < -0.3 is 47.3 Å². The summed E-state index contributed by atoms with van der Waals surface area (Å²) in [5, 5.41) is 34.0. The summed E-state index contributed by atoms with van der Waals surface area (Å²) >= 11 is 0. The summed E-state index contributed by atoms with van der Waals surface area (Å²) in [6, 6.07) is 22.3. The normalized spacial score (nSPS) is 21.6. The minimum Gasteiger partial charge on any atom is -0.391 e. The number of aromatic amines is 1. The number of hydrogen-bond acceptors (Lipinski definition) is 13. The van der Waals surface area contributed by atoms with Crippen LogP contribution in [-0.2, 0) is 57.6 Å². The summed E-state index contributed by atoms with van der Waals surface area (Å²) in [6.07, 6.45) is 1.57. The third kappa shape index (κ3) is 18.1. The molecule has 1 aliphatic rings. The minimum absolute atomic E-state index is 0.00609. The highest BCUT2D eigenvalue weighted by molar-refractivity contribution is 8.76. The van der Waals surface area contributed by atoms with Crippen molar-refractivity contribution in [2.45, 2.75) is 128 Å². The molecule has 5 amide bonds. The second-order valence-corrected chi connectivity index (χ2v) is 23.7. The van der Waals surface area contributed by atoms with Gasteiger partial charge in [-0.1, -0.05) is 126 Å². The third-order valence-corrected chi connectivity index (χ3v) is 17.0. The quantitative estimate of drug-likeness (QED) is 0.0380. The van der Waals surface area contributed by atoms with Crippen molar-refractivity contribution in [2.24, 2.45) is 17.8 Å². The van der Waals surface area contributed by atoms with Gasteiger partial charge in [0.25, 0.3) is 0 Å². The highest BCUT2D eigenvalue weighted by Crippen LogP contribution is 2.29. The van der Waals surface area contributed by atoms with Gasteiger partial charge in [0.1, 0.15) is 18.1 Å². The van der Waals surface area contributed by atoms with Crippen molar-refractivity contribution in [3.8, 4) is 0 Å². The van der Waals surface area contributed by atoms with Crippen molar-refractivity contribution in [3.63, 3.8) is 0 Å². The van der Waals surface area contributed by atoms with Crippen LogP contribution >= 0.6 is 21.6 Å². The number of rotatable bonds is 19. The Hall–Kier alpha value is -6.38. The lowest BCUT2D eigenvalue weighted by atomic mass is 9.90.